The fourth-order valence-corrected chi connectivity index (χ4v) is 0.535. The highest BCUT2D eigenvalue weighted by Crippen LogP contribution is 2.03. The van der Waals surface area contributed by atoms with Gasteiger partial charge >= 0.3 is 0 Å². The maximum atomic E-state index is 11.0. The summed E-state index contributed by atoms with van der Waals surface area (Å²) in [5, 5.41) is 2.52. The summed E-state index contributed by atoms with van der Waals surface area (Å²) in [4.78, 5) is 16.2. The maximum absolute atomic E-state index is 11.0. The molecule has 72 valence electrons. The number of rotatable bonds is 3. The molecule has 0 aliphatic heterocycles. The van der Waals surface area contributed by atoms with Gasteiger partial charge in [-0.05, 0) is 27.7 Å². The van der Waals surface area contributed by atoms with Crippen LogP contribution in [0.5, 0.6) is 0 Å². The molecule has 0 radical (unpaired) electrons. The first-order valence-electron chi connectivity index (χ1n) is 4.02. The van der Waals surface area contributed by atoms with Gasteiger partial charge in [-0.3, -0.25) is 9.63 Å². The number of hydrogen-bond acceptors (Lipinski definition) is 3. The lowest BCUT2D eigenvalue weighted by Gasteiger charge is -2.22. The third kappa shape index (κ3) is 5.09. The summed E-state index contributed by atoms with van der Waals surface area (Å²) in [5.74, 6) is -0.0840. The molecule has 0 aromatic rings. The fourth-order valence-electron chi connectivity index (χ4n) is 0.535. The molecule has 0 aliphatic rings. The minimum Gasteiger partial charge on any atom is -0.358 e. The molecule has 1 atom stereocenters. The zero-order valence-corrected chi connectivity index (χ0v) is 8.39. The number of hydroxylamine groups is 1. The molecule has 12 heavy (non-hydrogen) atoms. The van der Waals surface area contributed by atoms with Crippen LogP contribution in [0.3, 0.4) is 0 Å². The van der Waals surface area contributed by atoms with E-state index in [0.717, 1.165) is 0 Å². The molecule has 0 bridgehead atoms. The smallest absolute Gasteiger partial charge is 0.238 e. The van der Waals surface area contributed by atoms with Crippen molar-refractivity contribution in [2.75, 3.05) is 7.05 Å². The highest BCUT2D eigenvalue weighted by molar-refractivity contribution is 5.80. The number of carbonyl (C=O) groups excluding carboxylic acids is 1. The van der Waals surface area contributed by atoms with Crippen LogP contribution in [0, 0.1) is 0 Å². The topological polar surface area (TPSA) is 50.4 Å². The molecular weight excluding hydrogens is 156 g/mol. The molecule has 0 saturated heterocycles. The van der Waals surface area contributed by atoms with E-state index >= 15 is 0 Å². The van der Waals surface area contributed by atoms with Crippen molar-refractivity contribution in [1.82, 2.24) is 10.8 Å². The Morgan fingerprint density at radius 2 is 1.92 bits per heavy atom. The van der Waals surface area contributed by atoms with E-state index in [0.29, 0.717) is 0 Å². The van der Waals surface area contributed by atoms with Gasteiger partial charge in [0, 0.05) is 7.05 Å². The zero-order valence-electron chi connectivity index (χ0n) is 8.39. The van der Waals surface area contributed by atoms with Gasteiger partial charge in [0.2, 0.25) is 5.91 Å². The Labute approximate surface area is 73.6 Å². The molecule has 2 N–H and O–H groups in total. The van der Waals surface area contributed by atoms with Crippen LogP contribution >= 0.6 is 0 Å². The van der Waals surface area contributed by atoms with Gasteiger partial charge in [-0.25, -0.2) is 0 Å². The normalized spacial score (nSPS) is 14.1. The van der Waals surface area contributed by atoms with Crippen molar-refractivity contribution < 1.29 is 9.63 Å². The van der Waals surface area contributed by atoms with Crippen molar-refractivity contribution in [1.29, 1.82) is 0 Å². The second kappa shape index (κ2) is 4.42. The van der Waals surface area contributed by atoms with Crippen molar-refractivity contribution >= 4 is 5.91 Å². The Bertz CT molecular complexity index is 152. The average Bonchev–Trinajstić information content (AvgIpc) is 1.97. The molecule has 1 unspecified atom stereocenters. The van der Waals surface area contributed by atoms with Crippen molar-refractivity contribution in [3.05, 3.63) is 0 Å². The molecule has 4 heteroatoms. The second-order valence-electron chi connectivity index (χ2n) is 3.67. The first-order valence-corrected chi connectivity index (χ1v) is 4.02. The lowest BCUT2D eigenvalue weighted by Crippen LogP contribution is -2.43. The largest absolute Gasteiger partial charge is 0.358 e. The van der Waals surface area contributed by atoms with Gasteiger partial charge in [0.25, 0.3) is 0 Å². The molecule has 0 rings (SSSR count). The first kappa shape index (κ1) is 11.4. The molecule has 0 fully saturated rings. The van der Waals surface area contributed by atoms with Gasteiger partial charge < -0.3 is 5.32 Å². The quantitative estimate of drug-likeness (QED) is 0.610. The summed E-state index contributed by atoms with van der Waals surface area (Å²) in [5.41, 5.74) is 2.39. The molecule has 0 aromatic carbocycles. The summed E-state index contributed by atoms with van der Waals surface area (Å²) in [6.07, 6.45) is 0. The Balaban J connectivity index is 3.72. The lowest BCUT2D eigenvalue weighted by molar-refractivity contribution is -0.133. The van der Waals surface area contributed by atoms with E-state index in [9.17, 15) is 4.79 Å². The molecule has 0 aromatic heterocycles. The zero-order chi connectivity index (χ0) is 9.78. The van der Waals surface area contributed by atoms with E-state index in [1.165, 1.54) is 0 Å². The van der Waals surface area contributed by atoms with E-state index in [2.05, 4.69) is 10.8 Å². The highest BCUT2D eigenvalue weighted by Gasteiger charge is 2.15. The third-order valence-electron chi connectivity index (χ3n) is 1.18. The monoisotopic (exact) mass is 174 g/mol. The first-order chi connectivity index (χ1) is 5.37. The summed E-state index contributed by atoms with van der Waals surface area (Å²) in [7, 11) is 1.59. The molecule has 1 amide bonds. The van der Waals surface area contributed by atoms with Crippen LogP contribution < -0.4 is 10.8 Å². The molecule has 0 heterocycles. The van der Waals surface area contributed by atoms with Crippen LogP contribution in [-0.4, -0.2) is 24.6 Å². The van der Waals surface area contributed by atoms with Gasteiger partial charge in [0.15, 0.2) is 0 Å². The minimum atomic E-state index is -0.325. The summed E-state index contributed by atoms with van der Waals surface area (Å²) >= 11 is 0. The van der Waals surface area contributed by atoms with Crippen LogP contribution in [-0.2, 0) is 9.63 Å². The van der Waals surface area contributed by atoms with E-state index in [1.807, 2.05) is 20.8 Å². The predicted molar refractivity (Wildman–Crippen MR) is 47.5 cm³/mol. The number of amides is 1. The second-order valence-corrected chi connectivity index (χ2v) is 3.67. The van der Waals surface area contributed by atoms with E-state index in [4.69, 9.17) is 4.84 Å². The van der Waals surface area contributed by atoms with E-state index < -0.39 is 0 Å². The number of likely N-dealkylation sites (N-methyl/N-ethyl adjacent to an activating group) is 1. The summed E-state index contributed by atoms with van der Waals surface area (Å²) in [6.45, 7) is 7.48. The van der Waals surface area contributed by atoms with Crippen molar-refractivity contribution in [3.63, 3.8) is 0 Å². The van der Waals surface area contributed by atoms with Crippen molar-refractivity contribution in [3.8, 4) is 0 Å². The number of carbonyl (C=O) groups is 1. The highest BCUT2D eigenvalue weighted by atomic mass is 16.7. The predicted octanol–water partition coefficient (Wildman–Crippen LogP) is 0.441. The molecule has 0 aliphatic carbocycles. The van der Waals surface area contributed by atoms with Gasteiger partial charge in [-0.15, -0.1) is 0 Å². The molecular formula is C8H18N2O2. The molecule has 0 spiro atoms. The van der Waals surface area contributed by atoms with Gasteiger partial charge in [-0.2, -0.15) is 5.48 Å². The van der Waals surface area contributed by atoms with Crippen LogP contribution in [0.4, 0.5) is 0 Å². The van der Waals surface area contributed by atoms with E-state index in [-0.39, 0.29) is 17.6 Å². The molecule has 0 saturated carbocycles. The summed E-state index contributed by atoms with van der Waals surface area (Å²) < 4.78 is 0. The van der Waals surface area contributed by atoms with Crippen LogP contribution in [0.2, 0.25) is 0 Å². The fraction of sp³-hybridized carbons (Fsp3) is 0.875. The van der Waals surface area contributed by atoms with Crippen LogP contribution in [0.15, 0.2) is 0 Å². The van der Waals surface area contributed by atoms with Crippen LogP contribution in [0.1, 0.15) is 27.7 Å². The minimum absolute atomic E-state index is 0.0840. The van der Waals surface area contributed by atoms with Gasteiger partial charge in [-0.1, -0.05) is 0 Å². The van der Waals surface area contributed by atoms with Crippen LogP contribution in [0.25, 0.3) is 0 Å². The average molecular weight is 174 g/mol. The Hall–Kier alpha value is -0.610. The Morgan fingerprint density at radius 1 is 1.42 bits per heavy atom. The van der Waals surface area contributed by atoms with Crippen molar-refractivity contribution in [2.24, 2.45) is 0 Å². The lowest BCUT2D eigenvalue weighted by atomic mass is 10.2. The summed E-state index contributed by atoms with van der Waals surface area (Å²) in [6, 6.07) is -0.325. The maximum Gasteiger partial charge on any atom is 0.238 e. The standard InChI is InChI=1S/C8H18N2O2/c1-6(7(11)9-5)10-12-8(2,3)4/h6,10H,1-5H3,(H,9,11). The van der Waals surface area contributed by atoms with Gasteiger partial charge in [0.1, 0.15) is 6.04 Å². The number of hydrogen-bond donors (Lipinski definition) is 2. The van der Waals surface area contributed by atoms with Gasteiger partial charge in [0.05, 0.1) is 5.60 Å². The Kier molecular flexibility index (Phi) is 4.20. The van der Waals surface area contributed by atoms with Crippen molar-refractivity contribution in [2.45, 2.75) is 39.3 Å². The third-order valence-corrected chi connectivity index (χ3v) is 1.18. The Morgan fingerprint density at radius 3 is 2.25 bits per heavy atom. The van der Waals surface area contributed by atoms with E-state index in [1.54, 1.807) is 14.0 Å². The number of nitrogens with one attached hydrogen (secondary N) is 2. The molecule has 4 nitrogen and oxygen atoms in total. The SMILES string of the molecule is CNC(=O)C(C)NOC(C)(C)C.